The molecule has 2 atom stereocenters. The lowest BCUT2D eigenvalue weighted by molar-refractivity contribution is -0.139. The van der Waals surface area contributed by atoms with Crippen LogP contribution in [0.5, 0.6) is 0 Å². The van der Waals surface area contributed by atoms with Gasteiger partial charge in [0.25, 0.3) is 0 Å². The van der Waals surface area contributed by atoms with Crippen molar-refractivity contribution in [2.45, 2.75) is 13.8 Å². The van der Waals surface area contributed by atoms with Crippen LogP contribution in [0.25, 0.3) is 0 Å². The fraction of sp³-hybridized carbons (Fsp3) is 0.625. The third kappa shape index (κ3) is 1.09. The molecule has 3 heteroatoms. The van der Waals surface area contributed by atoms with E-state index in [2.05, 4.69) is 5.92 Å². The minimum Gasteiger partial charge on any atom is -0.481 e. The van der Waals surface area contributed by atoms with Crippen molar-refractivity contribution < 1.29 is 14.3 Å². The molecule has 2 unspecified atom stereocenters. The summed E-state index contributed by atoms with van der Waals surface area (Å²) < 4.78 is 11.5. The van der Waals surface area contributed by atoms with Crippen LogP contribution in [0.4, 0.5) is 4.39 Å². The zero-order chi connectivity index (χ0) is 8.65. The molecule has 1 N–H and O–H groups in total. The van der Waals surface area contributed by atoms with Crippen LogP contribution in [0.3, 0.4) is 0 Å². The molecule has 0 aromatic carbocycles. The first-order valence-corrected chi connectivity index (χ1v) is 3.35. The number of carboxylic acid groups (broad SMARTS) is 1. The molecule has 1 saturated carbocycles. The fourth-order valence-electron chi connectivity index (χ4n) is 1.43. The first kappa shape index (κ1) is 8.06. The molecule has 2 nitrogen and oxygen atoms in total. The lowest BCUT2D eigenvalue weighted by Crippen LogP contribution is -2.02. The lowest BCUT2D eigenvalue weighted by atomic mass is 10.1. The van der Waals surface area contributed by atoms with Crippen molar-refractivity contribution in [3.63, 3.8) is 0 Å². The molecular formula is C8H9FO2. The smallest absolute Gasteiger partial charge is 0.308 e. The topological polar surface area (TPSA) is 37.3 Å². The van der Waals surface area contributed by atoms with E-state index in [1.54, 1.807) is 13.8 Å². The number of halogens is 1. The van der Waals surface area contributed by atoms with E-state index < -0.39 is 11.9 Å². The highest BCUT2D eigenvalue weighted by Gasteiger charge is 2.61. The predicted molar refractivity (Wildman–Crippen MR) is 37.3 cm³/mol. The summed E-state index contributed by atoms with van der Waals surface area (Å²) in [7, 11) is 0. The standard InChI is InChI=1S/C8H9FO2/c1-8(2)5(3-4-9)6(8)7(10)11/h5-6H,1-2H3,(H,10,11). The van der Waals surface area contributed by atoms with Gasteiger partial charge in [0.2, 0.25) is 0 Å². The molecule has 0 heterocycles. The van der Waals surface area contributed by atoms with Crippen LogP contribution < -0.4 is 0 Å². The number of rotatable bonds is 1. The molecule has 1 aliphatic carbocycles. The molecule has 0 aliphatic heterocycles. The van der Waals surface area contributed by atoms with Crippen LogP contribution in [-0.2, 0) is 4.79 Å². The van der Waals surface area contributed by atoms with Crippen LogP contribution in [0.2, 0.25) is 0 Å². The molecule has 0 radical (unpaired) electrons. The second-order valence-corrected chi connectivity index (χ2v) is 3.35. The Hall–Kier alpha value is -1.04. The molecule has 0 bridgehead atoms. The van der Waals surface area contributed by atoms with Gasteiger partial charge in [-0.25, -0.2) is 0 Å². The molecule has 1 fully saturated rings. The Kier molecular flexibility index (Phi) is 1.63. The number of aliphatic carboxylic acids is 1. The van der Waals surface area contributed by atoms with Gasteiger partial charge < -0.3 is 5.11 Å². The number of carboxylic acids is 1. The minimum atomic E-state index is -0.886. The molecule has 0 amide bonds. The number of hydrogen-bond acceptors (Lipinski definition) is 1. The largest absolute Gasteiger partial charge is 0.481 e. The van der Waals surface area contributed by atoms with Gasteiger partial charge in [-0.2, -0.15) is 0 Å². The Bertz CT molecular complexity index is 247. The van der Waals surface area contributed by atoms with Crippen molar-refractivity contribution in [3.05, 3.63) is 0 Å². The van der Waals surface area contributed by atoms with E-state index in [1.807, 2.05) is 0 Å². The highest BCUT2D eigenvalue weighted by atomic mass is 19.1. The average molecular weight is 156 g/mol. The maximum absolute atomic E-state index is 11.5. The van der Waals surface area contributed by atoms with Gasteiger partial charge >= 0.3 is 5.97 Å². The summed E-state index contributed by atoms with van der Waals surface area (Å²) >= 11 is 0. The second kappa shape index (κ2) is 2.23. The molecule has 11 heavy (non-hydrogen) atoms. The van der Waals surface area contributed by atoms with E-state index in [9.17, 15) is 9.18 Å². The van der Waals surface area contributed by atoms with Gasteiger partial charge in [0.05, 0.1) is 5.92 Å². The summed E-state index contributed by atoms with van der Waals surface area (Å²) in [5.74, 6) is 0.548. The van der Waals surface area contributed by atoms with Crippen molar-refractivity contribution in [2.24, 2.45) is 17.3 Å². The molecule has 1 aliphatic rings. The predicted octanol–water partition coefficient (Wildman–Crippen LogP) is 1.27. The normalized spacial score (nSPS) is 31.9. The van der Waals surface area contributed by atoms with Gasteiger partial charge in [-0.15, -0.1) is 4.39 Å². The Labute approximate surface area is 64.4 Å². The Morgan fingerprint density at radius 3 is 2.45 bits per heavy atom. The maximum Gasteiger partial charge on any atom is 0.308 e. The fourth-order valence-corrected chi connectivity index (χ4v) is 1.43. The molecular weight excluding hydrogens is 147 g/mol. The molecule has 0 aromatic rings. The SMILES string of the molecule is CC1(C)C(C#CF)C1C(=O)O. The monoisotopic (exact) mass is 156 g/mol. The van der Waals surface area contributed by atoms with Gasteiger partial charge in [0.1, 0.15) is 6.17 Å². The first-order valence-electron chi connectivity index (χ1n) is 3.35. The van der Waals surface area contributed by atoms with Crippen molar-refractivity contribution in [1.29, 1.82) is 0 Å². The van der Waals surface area contributed by atoms with Gasteiger partial charge in [0.15, 0.2) is 0 Å². The quantitative estimate of drug-likeness (QED) is 0.580. The molecule has 0 spiro atoms. The Morgan fingerprint density at radius 2 is 2.18 bits per heavy atom. The summed E-state index contributed by atoms with van der Waals surface area (Å²) in [5, 5.41) is 8.60. The summed E-state index contributed by atoms with van der Waals surface area (Å²) in [6.07, 6.45) is 1.26. The van der Waals surface area contributed by atoms with Crippen LogP contribution in [0, 0.1) is 29.3 Å². The van der Waals surface area contributed by atoms with E-state index in [0.29, 0.717) is 0 Å². The van der Waals surface area contributed by atoms with Crippen LogP contribution in [-0.4, -0.2) is 11.1 Å². The highest BCUT2D eigenvalue weighted by Crippen LogP contribution is 2.57. The van der Waals surface area contributed by atoms with E-state index in [0.717, 1.165) is 0 Å². The van der Waals surface area contributed by atoms with Crippen LogP contribution >= 0.6 is 0 Å². The van der Waals surface area contributed by atoms with Crippen molar-refractivity contribution >= 4 is 5.97 Å². The number of carbonyl (C=O) groups is 1. The molecule has 0 aromatic heterocycles. The van der Waals surface area contributed by atoms with Crippen LogP contribution in [0.15, 0.2) is 0 Å². The van der Waals surface area contributed by atoms with Gasteiger partial charge in [-0.05, 0) is 5.41 Å². The van der Waals surface area contributed by atoms with E-state index >= 15 is 0 Å². The number of hydrogen-bond donors (Lipinski definition) is 1. The van der Waals surface area contributed by atoms with E-state index in [1.165, 1.54) is 6.17 Å². The highest BCUT2D eigenvalue weighted by molar-refractivity contribution is 5.76. The van der Waals surface area contributed by atoms with Gasteiger partial charge in [0, 0.05) is 5.92 Å². The third-order valence-corrected chi connectivity index (χ3v) is 2.30. The second-order valence-electron chi connectivity index (χ2n) is 3.35. The summed E-state index contributed by atoms with van der Waals surface area (Å²) in [5.41, 5.74) is -0.356. The molecule has 60 valence electrons. The maximum atomic E-state index is 11.5. The first-order chi connectivity index (χ1) is 5.01. The average Bonchev–Trinajstić information content (AvgIpc) is 2.35. The van der Waals surface area contributed by atoms with Gasteiger partial charge in [-0.3, -0.25) is 4.79 Å². The van der Waals surface area contributed by atoms with E-state index in [-0.39, 0.29) is 11.3 Å². The Balaban J connectivity index is 2.73. The Morgan fingerprint density at radius 1 is 1.64 bits per heavy atom. The van der Waals surface area contributed by atoms with Crippen molar-refractivity contribution in [3.8, 4) is 12.1 Å². The zero-order valence-electron chi connectivity index (χ0n) is 6.39. The zero-order valence-corrected chi connectivity index (χ0v) is 6.39. The van der Waals surface area contributed by atoms with Crippen molar-refractivity contribution in [2.75, 3.05) is 0 Å². The van der Waals surface area contributed by atoms with Gasteiger partial charge in [-0.1, -0.05) is 19.8 Å². The lowest BCUT2D eigenvalue weighted by Gasteiger charge is -1.94. The van der Waals surface area contributed by atoms with E-state index in [4.69, 9.17) is 5.11 Å². The summed E-state index contributed by atoms with van der Waals surface area (Å²) in [4.78, 5) is 10.5. The summed E-state index contributed by atoms with van der Waals surface area (Å²) in [6, 6.07) is 0. The summed E-state index contributed by atoms with van der Waals surface area (Å²) in [6.45, 7) is 3.56. The minimum absolute atomic E-state index is 0.315. The third-order valence-electron chi connectivity index (χ3n) is 2.30. The van der Waals surface area contributed by atoms with Crippen LogP contribution in [0.1, 0.15) is 13.8 Å². The molecule has 0 saturated heterocycles. The van der Waals surface area contributed by atoms with Crippen molar-refractivity contribution in [1.82, 2.24) is 0 Å². The molecule has 1 rings (SSSR count).